The molecule has 2 N–H and O–H groups in total. The molecule has 1 aliphatic carbocycles. The number of nitrogens with two attached hydrogens (primary N) is 1. The Bertz CT molecular complexity index is 282. The van der Waals surface area contributed by atoms with Crippen LogP contribution in [-0.2, 0) is 4.74 Å². The molecule has 0 saturated heterocycles. The van der Waals surface area contributed by atoms with Gasteiger partial charge in [0.15, 0.2) is 0 Å². The Kier molecular flexibility index (Phi) is 8.22. The molecule has 1 aliphatic rings. The van der Waals surface area contributed by atoms with Crippen LogP contribution in [0.4, 0.5) is 0 Å². The van der Waals surface area contributed by atoms with Crippen molar-refractivity contribution in [3.63, 3.8) is 0 Å². The number of methoxy groups -OCH3 is 1. The second-order valence-electron chi connectivity index (χ2n) is 7.46. The van der Waals surface area contributed by atoms with Gasteiger partial charge in [0.25, 0.3) is 0 Å². The zero-order chi connectivity index (χ0) is 15.9. The van der Waals surface area contributed by atoms with E-state index in [1.54, 1.807) is 7.11 Å². The maximum Gasteiger partial charge on any atom is 0.0590 e. The number of nitrogens with zero attached hydrogens (tertiary/aromatic N) is 1. The van der Waals surface area contributed by atoms with Gasteiger partial charge in [-0.1, -0.05) is 33.6 Å². The van der Waals surface area contributed by atoms with E-state index in [0.717, 1.165) is 31.5 Å². The fourth-order valence-electron chi connectivity index (χ4n) is 4.23. The minimum Gasteiger partial charge on any atom is -0.383 e. The van der Waals surface area contributed by atoms with Gasteiger partial charge in [-0.05, 0) is 44.4 Å². The molecule has 3 nitrogen and oxygen atoms in total. The summed E-state index contributed by atoms with van der Waals surface area (Å²) in [5, 5.41) is 0. The zero-order valence-corrected chi connectivity index (χ0v) is 15.0. The zero-order valence-electron chi connectivity index (χ0n) is 15.0. The molecular formula is C18H38N2O. The molecular weight excluding hydrogens is 260 g/mol. The Labute approximate surface area is 132 Å². The quantitative estimate of drug-likeness (QED) is 0.706. The molecule has 0 aromatic carbocycles. The van der Waals surface area contributed by atoms with Gasteiger partial charge in [0.1, 0.15) is 0 Å². The summed E-state index contributed by atoms with van der Waals surface area (Å²) in [6.45, 7) is 11.9. The van der Waals surface area contributed by atoms with Gasteiger partial charge in [0.05, 0.1) is 6.61 Å². The molecule has 1 saturated carbocycles. The first-order valence-electron chi connectivity index (χ1n) is 8.94. The van der Waals surface area contributed by atoms with Crippen molar-refractivity contribution >= 4 is 0 Å². The normalized spacial score (nSPS) is 28.3. The van der Waals surface area contributed by atoms with E-state index in [2.05, 4.69) is 32.6 Å². The van der Waals surface area contributed by atoms with Gasteiger partial charge in [-0.15, -0.1) is 0 Å². The number of ether oxygens (including phenoxy) is 1. The molecule has 0 bridgehead atoms. The number of hydrogen-bond donors (Lipinski definition) is 1. The van der Waals surface area contributed by atoms with E-state index in [1.807, 2.05) is 0 Å². The monoisotopic (exact) mass is 298 g/mol. The predicted molar refractivity (Wildman–Crippen MR) is 91.5 cm³/mol. The summed E-state index contributed by atoms with van der Waals surface area (Å²) in [6.07, 6.45) is 7.77. The summed E-state index contributed by atoms with van der Waals surface area (Å²) < 4.78 is 5.36. The van der Waals surface area contributed by atoms with Crippen molar-refractivity contribution in [3.05, 3.63) is 0 Å². The van der Waals surface area contributed by atoms with Crippen molar-refractivity contribution in [2.45, 2.75) is 77.8 Å². The van der Waals surface area contributed by atoms with Crippen LogP contribution < -0.4 is 5.73 Å². The van der Waals surface area contributed by atoms with E-state index in [0.29, 0.717) is 6.04 Å². The highest BCUT2D eigenvalue weighted by Gasteiger charge is 2.41. The van der Waals surface area contributed by atoms with E-state index in [9.17, 15) is 0 Å². The molecule has 1 rings (SSSR count). The van der Waals surface area contributed by atoms with Crippen molar-refractivity contribution in [2.24, 2.45) is 17.6 Å². The molecule has 0 heterocycles. The minimum absolute atomic E-state index is 0.200. The Morgan fingerprint density at radius 2 is 2.05 bits per heavy atom. The fraction of sp³-hybridized carbons (Fsp3) is 1.00. The van der Waals surface area contributed by atoms with E-state index >= 15 is 0 Å². The smallest absolute Gasteiger partial charge is 0.0590 e. The van der Waals surface area contributed by atoms with Gasteiger partial charge in [-0.2, -0.15) is 0 Å². The van der Waals surface area contributed by atoms with Crippen LogP contribution >= 0.6 is 0 Å². The molecule has 0 spiro atoms. The summed E-state index contributed by atoms with van der Waals surface area (Å²) in [5.41, 5.74) is 6.51. The first-order chi connectivity index (χ1) is 9.99. The van der Waals surface area contributed by atoms with Gasteiger partial charge >= 0.3 is 0 Å². The molecule has 0 aromatic heterocycles. The Balaban J connectivity index is 2.86. The van der Waals surface area contributed by atoms with Crippen molar-refractivity contribution < 1.29 is 4.74 Å². The van der Waals surface area contributed by atoms with Crippen LogP contribution in [0.1, 0.15) is 66.2 Å². The second-order valence-corrected chi connectivity index (χ2v) is 7.46. The van der Waals surface area contributed by atoms with Crippen molar-refractivity contribution in [1.29, 1.82) is 0 Å². The molecule has 3 atom stereocenters. The third kappa shape index (κ3) is 5.22. The lowest BCUT2D eigenvalue weighted by molar-refractivity contribution is -0.0126. The topological polar surface area (TPSA) is 38.5 Å². The van der Waals surface area contributed by atoms with Gasteiger partial charge in [0, 0.05) is 31.8 Å². The lowest BCUT2D eigenvalue weighted by atomic mass is 9.71. The highest BCUT2D eigenvalue weighted by Crippen LogP contribution is 2.40. The first-order valence-corrected chi connectivity index (χ1v) is 8.94. The summed E-state index contributed by atoms with van der Waals surface area (Å²) in [7, 11) is 1.80. The third-order valence-electron chi connectivity index (χ3n) is 5.38. The van der Waals surface area contributed by atoms with Crippen molar-refractivity contribution in [3.8, 4) is 0 Å². The summed E-state index contributed by atoms with van der Waals surface area (Å²) in [4.78, 5) is 2.67. The average molecular weight is 299 g/mol. The summed E-state index contributed by atoms with van der Waals surface area (Å²) in [5.74, 6) is 1.64. The Morgan fingerprint density at radius 1 is 1.33 bits per heavy atom. The molecule has 0 aliphatic heterocycles. The van der Waals surface area contributed by atoms with Crippen LogP contribution in [0.25, 0.3) is 0 Å². The fourth-order valence-corrected chi connectivity index (χ4v) is 4.23. The lowest BCUT2D eigenvalue weighted by Crippen LogP contribution is -2.60. The summed E-state index contributed by atoms with van der Waals surface area (Å²) in [6, 6.07) is 0.585. The van der Waals surface area contributed by atoms with Crippen LogP contribution in [0.2, 0.25) is 0 Å². The van der Waals surface area contributed by atoms with Crippen LogP contribution in [-0.4, -0.2) is 43.3 Å². The van der Waals surface area contributed by atoms with Crippen LogP contribution in [0.15, 0.2) is 0 Å². The van der Waals surface area contributed by atoms with E-state index in [1.165, 1.54) is 38.5 Å². The maximum atomic E-state index is 6.31. The van der Waals surface area contributed by atoms with E-state index < -0.39 is 0 Å². The SMILES string of the molecule is CCC(C)N(CCOC)C1(CN)CCCC(CC(C)C)C1. The average Bonchev–Trinajstić information content (AvgIpc) is 2.46. The molecule has 0 radical (unpaired) electrons. The maximum absolute atomic E-state index is 6.31. The standard InChI is InChI=1S/C18H38N2O/c1-6-16(4)20(10-11-21-5)18(14-19)9-7-8-17(13-18)12-15(2)3/h15-17H,6-14,19H2,1-5H3. The first kappa shape index (κ1) is 18.9. The molecule has 3 unspecified atom stereocenters. The third-order valence-corrected chi connectivity index (χ3v) is 5.38. The van der Waals surface area contributed by atoms with Crippen LogP contribution in [0.5, 0.6) is 0 Å². The van der Waals surface area contributed by atoms with Gasteiger partial charge in [-0.25, -0.2) is 0 Å². The van der Waals surface area contributed by atoms with E-state index in [4.69, 9.17) is 10.5 Å². The molecule has 3 heteroatoms. The van der Waals surface area contributed by atoms with Gasteiger partial charge in [-0.3, -0.25) is 4.90 Å². The Hall–Kier alpha value is -0.120. The Morgan fingerprint density at radius 3 is 2.57 bits per heavy atom. The van der Waals surface area contributed by atoms with Gasteiger partial charge < -0.3 is 10.5 Å². The molecule has 1 fully saturated rings. The van der Waals surface area contributed by atoms with Crippen molar-refractivity contribution in [2.75, 3.05) is 26.8 Å². The highest BCUT2D eigenvalue weighted by molar-refractivity contribution is 4.98. The molecule has 126 valence electrons. The second kappa shape index (κ2) is 9.12. The number of hydrogen-bond acceptors (Lipinski definition) is 3. The predicted octanol–water partition coefficient (Wildman–Crippen LogP) is 3.67. The molecule has 0 aromatic rings. The number of rotatable bonds is 9. The largest absolute Gasteiger partial charge is 0.383 e. The van der Waals surface area contributed by atoms with Crippen molar-refractivity contribution in [1.82, 2.24) is 4.90 Å². The van der Waals surface area contributed by atoms with Gasteiger partial charge in [0.2, 0.25) is 0 Å². The summed E-state index contributed by atoms with van der Waals surface area (Å²) >= 11 is 0. The van der Waals surface area contributed by atoms with Crippen LogP contribution in [0.3, 0.4) is 0 Å². The lowest BCUT2D eigenvalue weighted by Gasteiger charge is -2.51. The highest BCUT2D eigenvalue weighted by atomic mass is 16.5. The minimum atomic E-state index is 0.200. The van der Waals surface area contributed by atoms with Crippen LogP contribution in [0, 0.1) is 11.8 Å². The molecule has 21 heavy (non-hydrogen) atoms. The molecule has 0 amide bonds. The van der Waals surface area contributed by atoms with E-state index in [-0.39, 0.29) is 5.54 Å².